The van der Waals surface area contributed by atoms with E-state index in [0.29, 0.717) is 0 Å². The third-order valence-corrected chi connectivity index (χ3v) is 5.47. The second-order valence-corrected chi connectivity index (χ2v) is 7.55. The minimum Gasteiger partial charge on any atom is -0.0614 e. The summed E-state index contributed by atoms with van der Waals surface area (Å²) in [4.78, 5) is 0. The molecule has 1 radical (unpaired) electrons. The lowest BCUT2D eigenvalue weighted by Crippen LogP contribution is -1.85. The third kappa shape index (κ3) is 2.88. The van der Waals surface area contributed by atoms with Crippen LogP contribution >= 0.6 is 0 Å². The monoisotopic (exact) mass is 345 g/mol. The fourth-order valence-electron chi connectivity index (χ4n) is 4.11. The highest BCUT2D eigenvalue weighted by Gasteiger charge is 2.20. The molecule has 0 saturated heterocycles. The molecule has 0 unspecified atom stereocenters. The molecule has 0 fully saturated rings. The number of hydrogen-bond acceptors (Lipinski definition) is 0. The predicted molar refractivity (Wildman–Crippen MR) is 114 cm³/mol. The van der Waals surface area contributed by atoms with E-state index in [1.807, 2.05) is 0 Å². The fourth-order valence-corrected chi connectivity index (χ4v) is 4.11. The zero-order valence-electron chi connectivity index (χ0n) is 15.7. The van der Waals surface area contributed by atoms with Crippen molar-refractivity contribution in [3.05, 3.63) is 107 Å². The van der Waals surface area contributed by atoms with Gasteiger partial charge in [-0.25, -0.2) is 0 Å². The van der Waals surface area contributed by atoms with Gasteiger partial charge in [-0.2, -0.15) is 0 Å². The van der Waals surface area contributed by atoms with Crippen LogP contribution in [0.4, 0.5) is 0 Å². The molecule has 1 aliphatic carbocycles. The zero-order chi connectivity index (χ0) is 18.4. The Balaban J connectivity index is 1.53. The maximum absolute atomic E-state index is 3.68. The summed E-state index contributed by atoms with van der Waals surface area (Å²) < 4.78 is 0. The van der Waals surface area contributed by atoms with E-state index in [1.54, 1.807) is 0 Å². The molecule has 4 aromatic carbocycles. The molecule has 0 atom stereocenters. The summed E-state index contributed by atoms with van der Waals surface area (Å²) in [5, 5.41) is 0. The quantitative estimate of drug-likeness (QED) is 0.323. The van der Waals surface area contributed by atoms with E-state index in [9.17, 15) is 0 Å². The van der Waals surface area contributed by atoms with Crippen molar-refractivity contribution in [3.63, 3.8) is 0 Å². The molecule has 0 spiro atoms. The molecule has 0 heterocycles. The number of rotatable bonds is 2. The van der Waals surface area contributed by atoms with Gasteiger partial charge in [-0.3, -0.25) is 0 Å². The average Bonchev–Trinajstić information content (AvgIpc) is 3.05. The van der Waals surface area contributed by atoms with Crippen molar-refractivity contribution >= 4 is 0 Å². The summed E-state index contributed by atoms with van der Waals surface area (Å²) in [6.45, 7) is 4.29. The third-order valence-electron chi connectivity index (χ3n) is 5.47. The van der Waals surface area contributed by atoms with Gasteiger partial charge in [0.25, 0.3) is 0 Å². The van der Waals surface area contributed by atoms with Gasteiger partial charge in [0.2, 0.25) is 0 Å². The van der Waals surface area contributed by atoms with Gasteiger partial charge in [0.15, 0.2) is 0 Å². The first kappa shape index (κ1) is 16.1. The molecule has 0 nitrogen and oxygen atoms in total. The summed E-state index contributed by atoms with van der Waals surface area (Å²) >= 11 is 0. The summed E-state index contributed by atoms with van der Waals surface area (Å²) in [5.74, 6) is 0. The van der Waals surface area contributed by atoms with Crippen molar-refractivity contribution < 1.29 is 0 Å². The maximum Gasteiger partial charge on any atom is -0.000684 e. The normalized spacial score (nSPS) is 11.9. The topological polar surface area (TPSA) is 0 Å². The second kappa shape index (κ2) is 6.25. The van der Waals surface area contributed by atoms with Gasteiger partial charge in [0.1, 0.15) is 0 Å². The van der Waals surface area contributed by atoms with Crippen LogP contribution < -0.4 is 0 Å². The SMILES string of the molecule is Cc1cccc(-c2[c]c3c(cc2)-c2ccc(-c4cccc(C)c4)cc2C3)c1. The zero-order valence-corrected chi connectivity index (χ0v) is 15.7. The summed E-state index contributed by atoms with van der Waals surface area (Å²) in [5.41, 5.74) is 13.0. The van der Waals surface area contributed by atoms with Gasteiger partial charge in [-0.05, 0) is 70.8 Å². The Hall–Kier alpha value is -3.12. The maximum atomic E-state index is 3.68. The van der Waals surface area contributed by atoms with Crippen molar-refractivity contribution in [2.24, 2.45) is 0 Å². The molecule has 4 aromatic rings. The molecule has 0 aromatic heterocycles. The summed E-state index contributed by atoms with van der Waals surface area (Å²) in [6, 6.07) is 32.4. The van der Waals surface area contributed by atoms with Crippen molar-refractivity contribution in [2.45, 2.75) is 20.3 Å². The van der Waals surface area contributed by atoms with Gasteiger partial charge >= 0.3 is 0 Å². The van der Waals surface area contributed by atoms with E-state index < -0.39 is 0 Å². The Kier molecular flexibility index (Phi) is 3.72. The van der Waals surface area contributed by atoms with Crippen LogP contribution in [0.25, 0.3) is 33.4 Å². The second-order valence-electron chi connectivity index (χ2n) is 7.55. The van der Waals surface area contributed by atoms with Gasteiger partial charge in [-0.15, -0.1) is 0 Å². The van der Waals surface area contributed by atoms with Crippen LogP contribution in [0.2, 0.25) is 0 Å². The largest absolute Gasteiger partial charge is 0.0614 e. The lowest BCUT2D eigenvalue weighted by molar-refractivity contribution is 1.26. The molecule has 0 aliphatic heterocycles. The molecule has 129 valence electrons. The van der Waals surface area contributed by atoms with E-state index in [1.165, 1.54) is 55.6 Å². The highest BCUT2D eigenvalue weighted by atomic mass is 14.2. The highest BCUT2D eigenvalue weighted by molar-refractivity contribution is 5.82. The Morgan fingerprint density at radius 1 is 0.630 bits per heavy atom. The Bertz CT molecular complexity index is 1070. The molecule has 0 heteroatoms. The molecule has 0 bridgehead atoms. The number of fused-ring (bicyclic) bond motifs is 3. The van der Waals surface area contributed by atoms with Crippen LogP contribution in [-0.4, -0.2) is 0 Å². The van der Waals surface area contributed by atoms with Crippen LogP contribution in [0.5, 0.6) is 0 Å². The predicted octanol–water partition coefficient (Wildman–Crippen LogP) is 7.01. The van der Waals surface area contributed by atoms with Crippen LogP contribution in [0.3, 0.4) is 0 Å². The molecule has 0 N–H and O–H groups in total. The van der Waals surface area contributed by atoms with Crippen molar-refractivity contribution in [3.8, 4) is 33.4 Å². The lowest BCUT2D eigenvalue weighted by Gasteiger charge is -2.07. The Morgan fingerprint density at radius 3 is 2.07 bits per heavy atom. The van der Waals surface area contributed by atoms with Gasteiger partial charge < -0.3 is 0 Å². The average molecular weight is 345 g/mol. The first-order valence-electron chi connectivity index (χ1n) is 9.50. The Morgan fingerprint density at radius 2 is 1.30 bits per heavy atom. The van der Waals surface area contributed by atoms with E-state index in [0.717, 1.165) is 6.42 Å². The number of aryl methyl sites for hydroxylation is 2. The smallest absolute Gasteiger partial charge is 0.000684 e. The highest BCUT2D eigenvalue weighted by Crippen LogP contribution is 2.40. The van der Waals surface area contributed by atoms with Crippen LogP contribution in [0.1, 0.15) is 22.3 Å². The molecule has 5 rings (SSSR count). The van der Waals surface area contributed by atoms with Crippen molar-refractivity contribution in [2.75, 3.05) is 0 Å². The fraction of sp³-hybridized carbons (Fsp3) is 0.111. The van der Waals surface area contributed by atoms with Crippen LogP contribution in [0, 0.1) is 19.9 Å². The van der Waals surface area contributed by atoms with E-state index in [4.69, 9.17) is 0 Å². The number of benzene rings is 4. The molecule has 0 amide bonds. The van der Waals surface area contributed by atoms with E-state index in [2.05, 4.69) is 98.8 Å². The first-order valence-corrected chi connectivity index (χ1v) is 9.50. The Labute approximate surface area is 161 Å². The molecular formula is C27H21. The van der Waals surface area contributed by atoms with Gasteiger partial charge in [0, 0.05) is 0 Å². The van der Waals surface area contributed by atoms with Crippen LogP contribution in [0.15, 0.2) is 78.9 Å². The molecule has 27 heavy (non-hydrogen) atoms. The first-order chi connectivity index (χ1) is 13.2. The molecule has 0 saturated carbocycles. The lowest BCUT2D eigenvalue weighted by atomic mass is 9.97. The van der Waals surface area contributed by atoms with E-state index >= 15 is 0 Å². The molecule has 1 aliphatic rings. The van der Waals surface area contributed by atoms with Gasteiger partial charge in [0.05, 0.1) is 0 Å². The minimum atomic E-state index is 0.962. The molecular weight excluding hydrogens is 324 g/mol. The van der Waals surface area contributed by atoms with Gasteiger partial charge in [-0.1, -0.05) is 90.0 Å². The van der Waals surface area contributed by atoms with Crippen molar-refractivity contribution in [1.82, 2.24) is 0 Å². The standard InChI is InChI=1S/C27H21/c1-18-5-3-7-20(13-18)22-9-11-26-24(15-22)17-25-16-23(10-12-27(25)26)21-8-4-6-19(2)14-21/h3-15H,17H2,1-2H3. The minimum absolute atomic E-state index is 0.962. The van der Waals surface area contributed by atoms with Crippen LogP contribution in [-0.2, 0) is 6.42 Å². The summed E-state index contributed by atoms with van der Waals surface area (Å²) in [6.07, 6.45) is 0.962. The van der Waals surface area contributed by atoms with Crippen molar-refractivity contribution in [1.29, 1.82) is 0 Å². The number of hydrogen-bond donors (Lipinski definition) is 0. The summed E-state index contributed by atoms with van der Waals surface area (Å²) in [7, 11) is 0. The van der Waals surface area contributed by atoms with E-state index in [-0.39, 0.29) is 0 Å².